The molecule has 0 unspecified atom stereocenters. The lowest BCUT2D eigenvalue weighted by molar-refractivity contribution is -0.115. The Morgan fingerprint density at radius 3 is 2.68 bits per heavy atom. The first kappa shape index (κ1) is 13.1. The second-order valence-electron chi connectivity index (χ2n) is 4.48. The quantitative estimate of drug-likeness (QED) is 0.824. The van der Waals surface area contributed by atoms with Gasteiger partial charge in [0, 0.05) is 11.4 Å². The maximum atomic E-state index is 12.0. The first-order valence-corrected chi connectivity index (χ1v) is 6.41. The number of amides is 1. The Hall–Kier alpha value is -2.29. The summed E-state index contributed by atoms with van der Waals surface area (Å²) in [4.78, 5) is 12.0. The van der Waals surface area contributed by atoms with E-state index in [2.05, 4.69) is 12.2 Å². The van der Waals surface area contributed by atoms with Crippen molar-refractivity contribution in [1.82, 2.24) is 0 Å². The van der Waals surface area contributed by atoms with Gasteiger partial charge in [-0.2, -0.15) is 0 Å². The molecule has 0 aliphatic carbocycles. The molecule has 19 heavy (non-hydrogen) atoms. The molecule has 3 N–H and O–H groups in total. The van der Waals surface area contributed by atoms with Crippen molar-refractivity contribution in [3.63, 3.8) is 0 Å². The molecular formula is C16H18N2O. The summed E-state index contributed by atoms with van der Waals surface area (Å²) in [6, 6.07) is 15.3. The maximum Gasteiger partial charge on any atom is 0.228 e. The monoisotopic (exact) mass is 254 g/mol. The van der Waals surface area contributed by atoms with E-state index in [0.29, 0.717) is 12.1 Å². The predicted molar refractivity (Wildman–Crippen MR) is 79.0 cm³/mol. The minimum absolute atomic E-state index is 0.0218. The van der Waals surface area contributed by atoms with Crippen molar-refractivity contribution in [2.45, 2.75) is 19.8 Å². The molecule has 0 fully saturated rings. The highest BCUT2D eigenvalue weighted by molar-refractivity contribution is 5.93. The number of aryl methyl sites for hydroxylation is 1. The number of hydrogen-bond acceptors (Lipinski definition) is 2. The lowest BCUT2D eigenvalue weighted by atomic mass is 10.1. The Bertz CT molecular complexity index is 578. The minimum Gasteiger partial charge on any atom is -0.399 e. The predicted octanol–water partition coefficient (Wildman–Crippen LogP) is 3.01. The van der Waals surface area contributed by atoms with Crippen LogP contribution in [0, 0.1) is 0 Å². The molecule has 3 nitrogen and oxygen atoms in total. The van der Waals surface area contributed by atoms with Crippen LogP contribution in [0.2, 0.25) is 0 Å². The normalized spacial score (nSPS) is 10.2. The van der Waals surface area contributed by atoms with Crippen LogP contribution in [0.1, 0.15) is 18.1 Å². The highest BCUT2D eigenvalue weighted by atomic mass is 16.1. The number of nitrogen functional groups attached to an aromatic ring is 1. The fourth-order valence-corrected chi connectivity index (χ4v) is 2.03. The molecular weight excluding hydrogens is 236 g/mol. The SMILES string of the molecule is CCc1ccccc1NC(=O)Cc1cccc(N)c1. The number of para-hydroxylation sites is 1. The lowest BCUT2D eigenvalue weighted by Gasteiger charge is -2.09. The van der Waals surface area contributed by atoms with Gasteiger partial charge >= 0.3 is 0 Å². The molecule has 0 radical (unpaired) electrons. The molecule has 0 saturated carbocycles. The van der Waals surface area contributed by atoms with Gasteiger partial charge in [-0.1, -0.05) is 37.3 Å². The Kier molecular flexibility index (Phi) is 4.18. The molecule has 0 heterocycles. The summed E-state index contributed by atoms with van der Waals surface area (Å²) in [7, 11) is 0. The van der Waals surface area contributed by atoms with Crippen molar-refractivity contribution in [3.05, 3.63) is 59.7 Å². The first-order chi connectivity index (χ1) is 9.19. The molecule has 98 valence electrons. The number of carbonyl (C=O) groups is 1. The van der Waals surface area contributed by atoms with E-state index in [-0.39, 0.29) is 5.91 Å². The van der Waals surface area contributed by atoms with E-state index in [1.54, 1.807) is 0 Å². The van der Waals surface area contributed by atoms with Crippen molar-refractivity contribution in [1.29, 1.82) is 0 Å². The molecule has 2 rings (SSSR count). The van der Waals surface area contributed by atoms with Crippen LogP contribution in [0.3, 0.4) is 0 Å². The van der Waals surface area contributed by atoms with Crippen molar-refractivity contribution in [3.8, 4) is 0 Å². The van der Waals surface area contributed by atoms with Crippen molar-refractivity contribution >= 4 is 17.3 Å². The van der Waals surface area contributed by atoms with Gasteiger partial charge in [-0.15, -0.1) is 0 Å². The zero-order valence-electron chi connectivity index (χ0n) is 11.0. The fourth-order valence-electron chi connectivity index (χ4n) is 2.03. The van der Waals surface area contributed by atoms with Crippen LogP contribution < -0.4 is 11.1 Å². The molecule has 0 saturated heterocycles. The van der Waals surface area contributed by atoms with Crippen molar-refractivity contribution < 1.29 is 4.79 Å². The molecule has 3 heteroatoms. The van der Waals surface area contributed by atoms with Gasteiger partial charge in [-0.05, 0) is 35.7 Å². The number of anilines is 2. The average Bonchev–Trinajstić information content (AvgIpc) is 2.39. The Morgan fingerprint density at radius 1 is 1.16 bits per heavy atom. The van der Waals surface area contributed by atoms with Gasteiger partial charge in [0.25, 0.3) is 0 Å². The van der Waals surface area contributed by atoms with E-state index in [9.17, 15) is 4.79 Å². The Labute approximate surface area is 113 Å². The largest absolute Gasteiger partial charge is 0.399 e. The van der Waals surface area contributed by atoms with Crippen LogP contribution in [-0.4, -0.2) is 5.91 Å². The maximum absolute atomic E-state index is 12.0. The number of hydrogen-bond donors (Lipinski definition) is 2. The zero-order chi connectivity index (χ0) is 13.7. The van der Waals surface area contributed by atoms with E-state index in [0.717, 1.165) is 23.2 Å². The number of nitrogens with one attached hydrogen (secondary N) is 1. The van der Waals surface area contributed by atoms with Crippen LogP contribution in [-0.2, 0) is 17.6 Å². The van der Waals surface area contributed by atoms with Crippen LogP contribution in [0.25, 0.3) is 0 Å². The summed E-state index contributed by atoms with van der Waals surface area (Å²) in [5, 5.41) is 2.95. The second kappa shape index (κ2) is 6.05. The standard InChI is InChI=1S/C16H18N2O/c1-2-13-7-3-4-9-15(13)18-16(19)11-12-6-5-8-14(17)10-12/h3-10H,2,11,17H2,1H3,(H,18,19). The van der Waals surface area contributed by atoms with Gasteiger partial charge in [0.15, 0.2) is 0 Å². The lowest BCUT2D eigenvalue weighted by Crippen LogP contribution is -2.15. The van der Waals surface area contributed by atoms with E-state index in [4.69, 9.17) is 5.73 Å². The van der Waals surface area contributed by atoms with Gasteiger partial charge in [0.2, 0.25) is 5.91 Å². The molecule has 0 spiro atoms. The van der Waals surface area contributed by atoms with Gasteiger partial charge in [-0.3, -0.25) is 4.79 Å². The third kappa shape index (κ3) is 3.58. The van der Waals surface area contributed by atoms with E-state index >= 15 is 0 Å². The summed E-state index contributed by atoms with van der Waals surface area (Å²) in [6.07, 6.45) is 1.23. The number of nitrogens with two attached hydrogens (primary N) is 1. The first-order valence-electron chi connectivity index (χ1n) is 6.41. The Balaban J connectivity index is 2.05. The second-order valence-corrected chi connectivity index (χ2v) is 4.48. The number of rotatable bonds is 4. The smallest absolute Gasteiger partial charge is 0.228 e. The van der Waals surface area contributed by atoms with Gasteiger partial charge < -0.3 is 11.1 Å². The summed E-state index contributed by atoms with van der Waals surface area (Å²) in [6.45, 7) is 2.07. The number of carbonyl (C=O) groups excluding carboxylic acids is 1. The highest BCUT2D eigenvalue weighted by Crippen LogP contribution is 2.16. The molecule has 1 amide bonds. The van der Waals surface area contributed by atoms with E-state index in [1.165, 1.54) is 0 Å². The van der Waals surface area contributed by atoms with Crippen LogP contribution in [0.15, 0.2) is 48.5 Å². The number of benzene rings is 2. The molecule has 0 aliphatic rings. The molecule has 2 aromatic carbocycles. The molecule has 2 aromatic rings. The van der Waals surface area contributed by atoms with Gasteiger partial charge in [-0.25, -0.2) is 0 Å². The van der Waals surface area contributed by atoms with Crippen LogP contribution in [0.5, 0.6) is 0 Å². The van der Waals surface area contributed by atoms with E-state index in [1.807, 2.05) is 48.5 Å². The minimum atomic E-state index is -0.0218. The van der Waals surface area contributed by atoms with E-state index < -0.39 is 0 Å². The summed E-state index contributed by atoms with van der Waals surface area (Å²) < 4.78 is 0. The Morgan fingerprint density at radius 2 is 1.95 bits per heavy atom. The average molecular weight is 254 g/mol. The van der Waals surface area contributed by atoms with Crippen LogP contribution in [0.4, 0.5) is 11.4 Å². The third-order valence-electron chi connectivity index (χ3n) is 2.99. The van der Waals surface area contributed by atoms with Crippen molar-refractivity contribution in [2.24, 2.45) is 0 Å². The summed E-state index contributed by atoms with van der Waals surface area (Å²) in [5.41, 5.74) is 9.33. The van der Waals surface area contributed by atoms with Gasteiger partial charge in [0.1, 0.15) is 0 Å². The molecule has 0 atom stereocenters. The zero-order valence-corrected chi connectivity index (χ0v) is 11.0. The summed E-state index contributed by atoms with van der Waals surface area (Å²) in [5.74, 6) is -0.0218. The van der Waals surface area contributed by atoms with Crippen molar-refractivity contribution in [2.75, 3.05) is 11.1 Å². The summed E-state index contributed by atoms with van der Waals surface area (Å²) >= 11 is 0. The molecule has 0 aliphatic heterocycles. The topological polar surface area (TPSA) is 55.1 Å². The molecule has 0 bridgehead atoms. The highest BCUT2D eigenvalue weighted by Gasteiger charge is 2.06. The third-order valence-corrected chi connectivity index (χ3v) is 2.99. The van der Waals surface area contributed by atoms with Crippen LogP contribution >= 0.6 is 0 Å². The van der Waals surface area contributed by atoms with Gasteiger partial charge in [0.05, 0.1) is 6.42 Å². The fraction of sp³-hybridized carbons (Fsp3) is 0.188. The molecule has 0 aromatic heterocycles.